The third kappa shape index (κ3) is 9.11. The van der Waals surface area contributed by atoms with Crippen molar-refractivity contribution in [1.82, 2.24) is 0 Å². The number of hydrogen-bond acceptors (Lipinski definition) is 7. The van der Waals surface area contributed by atoms with Crippen LogP contribution in [0.3, 0.4) is 0 Å². The number of rotatable bonds is 14. The van der Waals surface area contributed by atoms with Crippen molar-refractivity contribution in [2.45, 2.75) is 0 Å². The van der Waals surface area contributed by atoms with Crippen molar-refractivity contribution < 1.29 is 33.6 Å². The summed E-state index contributed by atoms with van der Waals surface area (Å²) in [5.41, 5.74) is 4.23. The van der Waals surface area contributed by atoms with E-state index in [1.165, 1.54) is 0 Å². The van der Waals surface area contributed by atoms with Gasteiger partial charge in [0.15, 0.2) is 0 Å². The average Bonchev–Trinajstić information content (AvgIpc) is 2.97. The van der Waals surface area contributed by atoms with Crippen LogP contribution in [-0.4, -0.2) is 50.1 Å². The van der Waals surface area contributed by atoms with E-state index in [-0.39, 0.29) is 32.0 Å². The Balaban J connectivity index is 1.45. The number of benzene rings is 3. The van der Waals surface area contributed by atoms with E-state index in [2.05, 4.69) is 25.3 Å². The molecule has 0 fully saturated rings. The molecule has 38 heavy (non-hydrogen) atoms. The Kier molecular flexibility index (Phi) is 10.9. The van der Waals surface area contributed by atoms with Gasteiger partial charge in [-0.25, -0.2) is 9.59 Å². The lowest BCUT2D eigenvalue weighted by Gasteiger charge is -2.09. The molecule has 0 heterocycles. The molecule has 0 aliphatic rings. The highest BCUT2D eigenvalue weighted by Crippen LogP contribution is 2.23. The number of carbonyl (C=O) groups excluding carboxylic acids is 2. The van der Waals surface area contributed by atoms with Crippen molar-refractivity contribution in [2.24, 2.45) is 0 Å². The van der Waals surface area contributed by atoms with Gasteiger partial charge in [0.2, 0.25) is 0 Å². The van der Waals surface area contributed by atoms with E-state index in [1.54, 1.807) is 0 Å². The van der Waals surface area contributed by atoms with Crippen LogP contribution in [0.2, 0.25) is 0 Å². The van der Waals surface area contributed by atoms with Crippen molar-refractivity contribution in [3.05, 3.63) is 109 Å². The molecule has 7 heteroatoms. The molecule has 196 valence electrons. The van der Waals surface area contributed by atoms with Crippen LogP contribution in [0.1, 0.15) is 11.1 Å². The van der Waals surface area contributed by atoms with Gasteiger partial charge in [-0.3, -0.25) is 0 Å². The third-order valence-electron chi connectivity index (χ3n) is 5.27. The molecule has 0 unspecified atom stereocenters. The average molecular weight is 515 g/mol. The summed E-state index contributed by atoms with van der Waals surface area (Å²) < 4.78 is 21.0. The molecule has 7 nitrogen and oxygen atoms in total. The Morgan fingerprint density at radius 1 is 0.684 bits per heavy atom. The minimum atomic E-state index is -0.630. The van der Waals surface area contributed by atoms with Gasteiger partial charge in [-0.2, -0.15) is 0 Å². The number of hydrogen-bond donors (Lipinski definition) is 1. The molecule has 3 rings (SSSR count). The van der Waals surface area contributed by atoms with Crippen LogP contribution >= 0.6 is 0 Å². The molecule has 3 aromatic rings. The highest BCUT2D eigenvalue weighted by Gasteiger charge is 2.07. The molecule has 0 saturated heterocycles. The second-order valence-corrected chi connectivity index (χ2v) is 8.01. The Labute approximate surface area is 222 Å². The first-order chi connectivity index (χ1) is 18.5. The van der Waals surface area contributed by atoms with Crippen molar-refractivity contribution >= 4 is 24.1 Å². The predicted octanol–water partition coefficient (Wildman–Crippen LogP) is 5.10. The lowest BCUT2D eigenvalue weighted by molar-refractivity contribution is -0.140. The van der Waals surface area contributed by atoms with E-state index in [4.69, 9.17) is 24.1 Å². The van der Waals surface area contributed by atoms with Crippen LogP contribution in [-0.2, 0) is 19.1 Å². The van der Waals surface area contributed by atoms with Crippen LogP contribution in [0.5, 0.6) is 11.5 Å². The van der Waals surface area contributed by atoms with Crippen LogP contribution in [0.15, 0.2) is 97.6 Å². The number of aliphatic hydroxyl groups excluding tert-OH is 1. The normalized spacial score (nSPS) is 10.6. The summed E-state index contributed by atoms with van der Waals surface area (Å²) >= 11 is 0. The van der Waals surface area contributed by atoms with Crippen LogP contribution in [0, 0.1) is 0 Å². The number of ether oxygens (including phenoxy) is 4. The summed E-state index contributed by atoms with van der Waals surface area (Å²) in [4.78, 5) is 22.5. The van der Waals surface area contributed by atoms with Gasteiger partial charge in [0.25, 0.3) is 0 Å². The van der Waals surface area contributed by atoms with Crippen molar-refractivity contribution in [3.63, 3.8) is 0 Å². The lowest BCUT2D eigenvalue weighted by atomic mass is 10.0. The third-order valence-corrected chi connectivity index (χ3v) is 5.27. The fourth-order valence-electron chi connectivity index (χ4n) is 3.22. The van der Waals surface area contributed by atoms with Gasteiger partial charge in [0.05, 0.1) is 12.2 Å². The Bertz CT molecular complexity index is 1240. The molecule has 0 amide bonds. The van der Waals surface area contributed by atoms with E-state index in [1.807, 2.05) is 72.8 Å². The zero-order valence-corrected chi connectivity index (χ0v) is 21.0. The summed E-state index contributed by atoms with van der Waals surface area (Å²) in [5, 5.41) is 8.85. The number of esters is 2. The highest BCUT2D eigenvalue weighted by molar-refractivity contribution is 5.87. The molecule has 0 atom stereocenters. The largest absolute Gasteiger partial charge is 0.490 e. The minimum Gasteiger partial charge on any atom is -0.490 e. The molecule has 0 bridgehead atoms. The summed E-state index contributed by atoms with van der Waals surface area (Å²) in [7, 11) is 0. The monoisotopic (exact) mass is 514 g/mol. The molecule has 1 N–H and O–H groups in total. The molecule has 0 saturated carbocycles. The maximum Gasteiger partial charge on any atom is 0.335 e. The zero-order chi connectivity index (χ0) is 27.2. The topological polar surface area (TPSA) is 91.3 Å². The standard InChI is InChI=1S/C31H30O7/c1-3-30(33)37-20-18-35-28-14-8-25(9-15-28)5-4-24-6-10-26(11-7-24)27-12-16-29(17-13-27)36-19-21-38-31(34)23(2)22-32/h3-17,32H,1-2,18-22H2/b5-4+. The quantitative estimate of drug-likeness (QED) is 0.138. The van der Waals surface area contributed by atoms with Gasteiger partial charge < -0.3 is 24.1 Å². The SMILES string of the molecule is C=CC(=O)OCCOc1ccc(/C=C/c2ccc(-c3ccc(OCCOC(=O)C(=C)CO)cc3)cc2)cc1. The van der Waals surface area contributed by atoms with Crippen molar-refractivity contribution in [2.75, 3.05) is 33.0 Å². The fourth-order valence-corrected chi connectivity index (χ4v) is 3.22. The summed E-state index contributed by atoms with van der Waals surface area (Å²) in [5.74, 6) is 0.268. The van der Waals surface area contributed by atoms with Gasteiger partial charge in [-0.05, 0) is 46.5 Å². The molecule has 3 aromatic carbocycles. The van der Waals surface area contributed by atoms with Crippen LogP contribution in [0.4, 0.5) is 0 Å². The smallest absolute Gasteiger partial charge is 0.335 e. The number of carbonyl (C=O) groups is 2. The highest BCUT2D eigenvalue weighted by atomic mass is 16.6. The van der Waals surface area contributed by atoms with Gasteiger partial charge in [-0.15, -0.1) is 0 Å². The number of aliphatic hydroxyl groups is 1. The molecule has 0 radical (unpaired) electrons. The van der Waals surface area contributed by atoms with Gasteiger partial charge in [0.1, 0.15) is 37.9 Å². The van der Waals surface area contributed by atoms with E-state index >= 15 is 0 Å². The molecular formula is C31H30O7. The van der Waals surface area contributed by atoms with Gasteiger partial charge in [0, 0.05) is 6.08 Å². The van der Waals surface area contributed by atoms with Crippen LogP contribution < -0.4 is 9.47 Å². The Hall–Kier alpha value is -4.62. The van der Waals surface area contributed by atoms with Gasteiger partial charge >= 0.3 is 11.9 Å². The first kappa shape index (κ1) is 28.0. The zero-order valence-electron chi connectivity index (χ0n) is 21.0. The Morgan fingerprint density at radius 2 is 1.13 bits per heavy atom. The molecule has 0 spiro atoms. The second-order valence-electron chi connectivity index (χ2n) is 8.01. The molecule has 0 aromatic heterocycles. The fraction of sp³-hybridized carbons (Fsp3) is 0.161. The van der Waals surface area contributed by atoms with E-state index in [0.717, 1.165) is 28.3 Å². The van der Waals surface area contributed by atoms with Gasteiger partial charge in [-0.1, -0.05) is 73.8 Å². The van der Waals surface area contributed by atoms with Crippen LogP contribution in [0.25, 0.3) is 23.3 Å². The summed E-state index contributed by atoms with van der Waals surface area (Å²) in [6.45, 7) is 7.04. The summed E-state index contributed by atoms with van der Waals surface area (Å²) in [6.07, 6.45) is 5.18. The first-order valence-electron chi connectivity index (χ1n) is 12.0. The van der Waals surface area contributed by atoms with E-state index in [0.29, 0.717) is 11.5 Å². The second kappa shape index (κ2) is 14.8. The van der Waals surface area contributed by atoms with E-state index < -0.39 is 18.5 Å². The van der Waals surface area contributed by atoms with E-state index in [9.17, 15) is 9.59 Å². The predicted molar refractivity (Wildman–Crippen MR) is 147 cm³/mol. The van der Waals surface area contributed by atoms with Crippen molar-refractivity contribution in [1.29, 1.82) is 0 Å². The minimum absolute atomic E-state index is 0.0126. The first-order valence-corrected chi connectivity index (χ1v) is 12.0. The van der Waals surface area contributed by atoms with Crippen molar-refractivity contribution in [3.8, 4) is 22.6 Å². The maximum absolute atomic E-state index is 11.4. The maximum atomic E-state index is 11.4. The molecule has 0 aliphatic heterocycles. The lowest BCUT2D eigenvalue weighted by Crippen LogP contribution is -2.14. The molecule has 0 aliphatic carbocycles. The molecular weight excluding hydrogens is 484 g/mol. The summed E-state index contributed by atoms with van der Waals surface area (Å²) in [6, 6.07) is 23.5. The Morgan fingerprint density at radius 3 is 1.63 bits per heavy atom.